The third kappa shape index (κ3) is 3.12. The van der Waals surface area contributed by atoms with Gasteiger partial charge in [0, 0.05) is 24.8 Å². The molecule has 5 heteroatoms. The van der Waals surface area contributed by atoms with Crippen LogP contribution in [0, 0.1) is 0 Å². The summed E-state index contributed by atoms with van der Waals surface area (Å²) in [6.07, 6.45) is 1.72. The van der Waals surface area contributed by atoms with Crippen LogP contribution in [0.15, 0.2) is 18.2 Å². The van der Waals surface area contributed by atoms with Crippen LogP contribution in [0.25, 0.3) is 0 Å². The van der Waals surface area contributed by atoms with Crippen LogP contribution in [0.4, 0.5) is 11.4 Å². The molecule has 0 fully saturated rings. The highest BCUT2D eigenvalue weighted by atomic mass is 16.2. The predicted molar refractivity (Wildman–Crippen MR) is 75.3 cm³/mol. The number of fused-ring (bicyclic) bond motifs is 1. The van der Waals surface area contributed by atoms with Gasteiger partial charge in [0.2, 0.25) is 11.8 Å². The summed E-state index contributed by atoms with van der Waals surface area (Å²) < 4.78 is 0. The van der Waals surface area contributed by atoms with Crippen LogP contribution in [-0.2, 0) is 16.0 Å². The maximum atomic E-state index is 11.7. The molecule has 0 unspecified atom stereocenters. The van der Waals surface area contributed by atoms with Gasteiger partial charge in [-0.3, -0.25) is 9.59 Å². The third-order valence-electron chi connectivity index (χ3n) is 3.27. The van der Waals surface area contributed by atoms with E-state index in [-0.39, 0.29) is 11.8 Å². The second-order valence-electron chi connectivity index (χ2n) is 4.73. The molecule has 1 heterocycles. The third-order valence-corrected chi connectivity index (χ3v) is 3.27. The van der Waals surface area contributed by atoms with E-state index in [1.807, 2.05) is 25.2 Å². The Morgan fingerprint density at radius 3 is 2.95 bits per heavy atom. The average Bonchev–Trinajstić information content (AvgIpc) is 2.65. The van der Waals surface area contributed by atoms with Crippen molar-refractivity contribution < 1.29 is 9.59 Å². The van der Waals surface area contributed by atoms with E-state index in [2.05, 4.69) is 10.6 Å². The molecule has 0 atom stereocenters. The van der Waals surface area contributed by atoms with Crippen molar-refractivity contribution in [2.45, 2.75) is 19.3 Å². The van der Waals surface area contributed by atoms with Gasteiger partial charge >= 0.3 is 0 Å². The van der Waals surface area contributed by atoms with Gasteiger partial charge < -0.3 is 15.5 Å². The van der Waals surface area contributed by atoms with E-state index in [0.29, 0.717) is 12.8 Å². The molecule has 0 aromatic heterocycles. The van der Waals surface area contributed by atoms with E-state index in [9.17, 15) is 9.59 Å². The van der Waals surface area contributed by atoms with Crippen molar-refractivity contribution in [2.75, 3.05) is 30.9 Å². The van der Waals surface area contributed by atoms with Crippen LogP contribution in [0.1, 0.15) is 18.4 Å². The average molecular weight is 261 g/mol. The van der Waals surface area contributed by atoms with Gasteiger partial charge in [0.25, 0.3) is 0 Å². The van der Waals surface area contributed by atoms with Gasteiger partial charge in [-0.05, 0) is 43.8 Å². The topological polar surface area (TPSA) is 61.4 Å². The Morgan fingerprint density at radius 1 is 1.42 bits per heavy atom. The van der Waals surface area contributed by atoms with Crippen LogP contribution in [0.5, 0.6) is 0 Å². The van der Waals surface area contributed by atoms with Crippen LogP contribution in [0.2, 0.25) is 0 Å². The Hall–Kier alpha value is -1.88. The summed E-state index contributed by atoms with van der Waals surface area (Å²) in [5, 5.41) is 5.87. The van der Waals surface area contributed by atoms with Crippen molar-refractivity contribution in [1.82, 2.24) is 5.32 Å². The number of nitrogens with zero attached hydrogens (tertiary/aromatic N) is 1. The Bertz CT molecular complexity index is 499. The van der Waals surface area contributed by atoms with E-state index >= 15 is 0 Å². The molecule has 102 valence electrons. The quantitative estimate of drug-likeness (QED) is 0.781. The molecule has 5 nitrogen and oxygen atoms in total. The first-order valence-corrected chi connectivity index (χ1v) is 6.45. The molecule has 2 amide bonds. The molecule has 0 aliphatic carbocycles. The number of hydrogen-bond acceptors (Lipinski definition) is 3. The van der Waals surface area contributed by atoms with E-state index < -0.39 is 0 Å². The lowest BCUT2D eigenvalue weighted by atomic mass is 10.1. The number of rotatable bonds is 5. The zero-order chi connectivity index (χ0) is 13.8. The summed E-state index contributed by atoms with van der Waals surface area (Å²) in [6.45, 7) is 0.830. The lowest BCUT2D eigenvalue weighted by molar-refractivity contribution is -0.117. The normalized spacial score (nSPS) is 13.6. The Labute approximate surface area is 113 Å². The minimum Gasteiger partial charge on any atom is -0.326 e. The molecule has 0 bridgehead atoms. The number of nitrogens with one attached hydrogen (secondary N) is 2. The first kappa shape index (κ1) is 13.5. The van der Waals surface area contributed by atoms with Crippen LogP contribution >= 0.6 is 0 Å². The Balaban J connectivity index is 1.98. The van der Waals surface area contributed by atoms with Crippen molar-refractivity contribution in [3.05, 3.63) is 23.8 Å². The number of carbonyl (C=O) groups excluding carboxylic acids is 2. The molecular weight excluding hydrogens is 242 g/mol. The lowest BCUT2D eigenvalue weighted by Crippen LogP contribution is -2.20. The highest BCUT2D eigenvalue weighted by Crippen LogP contribution is 2.29. The summed E-state index contributed by atoms with van der Waals surface area (Å²) in [5.74, 6) is 0.0976. The second kappa shape index (κ2) is 5.84. The molecular formula is C14H19N3O2. The number of anilines is 2. The zero-order valence-corrected chi connectivity index (χ0v) is 11.3. The number of likely N-dealkylation sites (N-methyl/N-ethyl adjacent to an activating group) is 1. The summed E-state index contributed by atoms with van der Waals surface area (Å²) in [7, 11) is 3.64. The molecule has 0 saturated heterocycles. The smallest absolute Gasteiger partial charge is 0.231 e. The molecule has 0 radical (unpaired) electrons. The van der Waals surface area contributed by atoms with Crippen molar-refractivity contribution in [3.8, 4) is 0 Å². The monoisotopic (exact) mass is 261 g/mol. The fraction of sp³-hybridized carbons (Fsp3) is 0.429. The van der Waals surface area contributed by atoms with Gasteiger partial charge in [0.1, 0.15) is 0 Å². The Morgan fingerprint density at radius 2 is 2.21 bits per heavy atom. The summed E-state index contributed by atoms with van der Waals surface area (Å²) >= 11 is 0. The summed E-state index contributed by atoms with van der Waals surface area (Å²) in [5.41, 5.74) is 2.66. The molecule has 0 saturated carbocycles. The minimum absolute atomic E-state index is 0.00729. The molecule has 0 spiro atoms. The van der Waals surface area contributed by atoms with Crippen LogP contribution in [0.3, 0.4) is 0 Å². The fourth-order valence-electron chi connectivity index (χ4n) is 2.20. The SMILES string of the molecule is CNCCCC(=O)Nc1ccc2c(c1)CC(=O)N2C. The molecule has 1 aromatic rings. The van der Waals surface area contributed by atoms with E-state index in [1.165, 1.54) is 0 Å². The van der Waals surface area contributed by atoms with Gasteiger partial charge in [0.15, 0.2) is 0 Å². The number of carbonyl (C=O) groups is 2. The molecule has 1 aromatic carbocycles. The van der Waals surface area contributed by atoms with Crippen molar-refractivity contribution >= 4 is 23.2 Å². The predicted octanol–water partition coefficient (Wildman–Crippen LogP) is 1.14. The van der Waals surface area contributed by atoms with E-state index in [1.54, 1.807) is 11.9 Å². The first-order valence-electron chi connectivity index (χ1n) is 6.45. The van der Waals surface area contributed by atoms with Crippen molar-refractivity contribution in [1.29, 1.82) is 0 Å². The van der Waals surface area contributed by atoms with Gasteiger partial charge in [-0.25, -0.2) is 0 Å². The van der Waals surface area contributed by atoms with Crippen LogP contribution in [-0.4, -0.2) is 32.5 Å². The second-order valence-corrected chi connectivity index (χ2v) is 4.73. The highest BCUT2D eigenvalue weighted by molar-refractivity contribution is 6.02. The molecule has 2 rings (SSSR count). The fourth-order valence-corrected chi connectivity index (χ4v) is 2.20. The molecule has 1 aliphatic heterocycles. The molecule has 1 aliphatic rings. The first-order chi connectivity index (χ1) is 9.11. The number of amides is 2. The zero-order valence-electron chi connectivity index (χ0n) is 11.3. The van der Waals surface area contributed by atoms with Gasteiger partial charge in [-0.2, -0.15) is 0 Å². The Kier molecular flexibility index (Phi) is 4.16. The summed E-state index contributed by atoms with van der Waals surface area (Å²) in [6, 6.07) is 5.60. The van der Waals surface area contributed by atoms with Crippen molar-refractivity contribution in [2.24, 2.45) is 0 Å². The maximum Gasteiger partial charge on any atom is 0.231 e. The van der Waals surface area contributed by atoms with Gasteiger partial charge in [-0.1, -0.05) is 0 Å². The highest BCUT2D eigenvalue weighted by Gasteiger charge is 2.23. The van der Waals surface area contributed by atoms with Gasteiger partial charge in [0.05, 0.1) is 6.42 Å². The molecule has 19 heavy (non-hydrogen) atoms. The lowest BCUT2D eigenvalue weighted by Gasteiger charge is -2.11. The van der Waals surface area contributed by atoms with E-state index in [0.717, 1.165) is 29.9 Å². The van der Waals surface area contributed by atoms with Crippen molar-refractivity contribution in [3.63, 3.8) is 0 Å². The number of benzene rings is 1. The van der Waals surface area contributed by atoms with E-state index in [4.69, 9.17) is 0 Å². The van der Waals surface area contributed by atoms with Crippen LogP contribution < -0.4 is 15.5 Å². The van der Waals surface area contributed by atoms with Gasteiger partial charge in [-0.15, -0.1) is 0 Å². The summed E-state index contributed by atoms with van der Waals surface area (Å²) in [4.78, 5) is 24.9. The largest absolute Gasteiger partial charge is 0.326 e. The standard InChI is InChI=1S/C14H19N3O2/c1-15-7-3-4-13(18)16-11-5-6-12-10(8-11)9-14(19)17(12)2/h5-6,8,15H,3-4,7,9H2,1-2H3,(H,16,18). The molecule has 2 N–H and O–H groups in total. The number of hydrogen-bond donors (Lipinski definition) is 2. The maximum absolute atomic E-state index is 11.7. The minimum atomic E-state index is 0.00729.